The fraction of sp³-hybridized carbons (Fsp3) is 0.474. The number of esters is 2. The van der Waals surface area contributed by atoms with Crippen molar-refractivity contribution in [2.45, 2.75) is 39.2 Å². The van der Waals surface area contributed by atoms with E-state index in [1.54, 1.807) is 38.1 Å². The molecular weight excluding hydrogens is 352 g/mol. The molecule has 8 heteroatoms. The van der Waals surface area contributed by atoms with Gasteiger partial charge in [-0.05, 0) is 44.5 Å². The minimum atomic E-state index is -0.931. The molecule has 1 atom stereocenters. The Morgan fingerprint density at radius 2 is 1.78 bits per heavy atom. The minimum absolute atomic E-state index is 0.176. The summed E-state index contributed by atoms with van der Waals surface area (Å²) in [7, 11) is 0. The minimum Gasteiger partial charge on any atom is -0.464 e. The molecule has 1 heterocycles. The van der Waals surface area contributed by atoms with Crippen molar-refractivity contribution in [1.29, 1.82) is 0 Å². The number of amides is 2. The van der Waals surface area contributed by atoms with Gasteiger partial charge in [0.05, 0.1) is 25.2 Å². The van der Waals surface area contributed by atoms with Crippen molar-refractivity contribution in [3.63, 3.8) is 0 Å². The molecule has 1 aromatic rings. The Balaban J connectivity index is 2.07. The summed E-state index contributed by atoms with van der Waals surface area (Å²) in [5.74, 6) is -1.65. The van der Waals surface area contributed by atoms with Gasteiger partial charge in [0, 0.05) is 18.7 Å². The van der Waals surface area contributed by atoms with E-state index in [0.29, 0.717) is 30.6 Å². The van der Waals surface area contributed by atoms with Crippen molar-refractivity contribution in [1.82, 2.24) is 4.90 Å². The molecule has 146 valence electrons. The number of ether oxygens (including phenoxy) is 2. The summed E-state index contributed by atoms with van der Waals surface area (Å²) in [5.41, 5.74) is 0.926. The molecule has 0 aromatic heterocycles. The molecule has 2 amide bonds. The molecule has 0 unspecified atom stereocenters. The Morgan fingerprint density at radius 1 is 1.11 bits per heavy atom. The predicted molar refractivity (Wildman–Crippen MR) is 97.0 cm³/mol. The largest absolute Gasteiger partial charge is 0.464 e. The number of imide groups is 1. The molecule has 2 rings (SSSR count). The maximum absolute atomic E-state index is 12.4. The second kappa shape index (κ2) is 9.70. The summed E-state index contributed by atoms with van der Waals surface area (Å²) in [6.45, 7) is 4.23. The molecule has 0 radical (unpaired) electrons. The summed E-state index contributed by atoms with van der Waals surface area (Å²) >= 11 is 0. The fourth-order valence-corrected chi connectivity index (χ4v) is 2.75. The highest BCUT2D eigenvalue weighted by Gasteiger charge is 2.31. The van der Waals surface area contributed by atoms with Gasteiger partial charge in [-0.25, -0.2) is 9.59 Å². The number of likely N-dealkylation sites (tertiary alicyclic amines) is 1. The number of nitrogens with one attached hydrogen (secondary N) is 1. The van der Waals surface area contributed by atoms with E-state index in [0.717, 1.165) is 0 Å². The number of anilines is 1. The number of hydrogen-bond acceptors (Lipinski definition) is 7. The molecule has 1 aliphatic rings. The summed E-state index contributed by atoms with van der Waals surface area (Å²) in [6.07, 6.45) is 0.792. The third kappa shape index (κ3) is 5.54. The zero-order valence-electron chi connectivity index (χ0n) is 15.5. The van der Waals surface area contributed by atoms with E-state index in [9.17, 15) is 19.2 Å². The van der Waals surface area contributed by atoms with Crippen molar-refractivity contribution in [2.24, 2.45) is 0 Å². The van der Waals surface area contributed by atoms with Crippen molar-refractivity contribution >= 4 is 29.4 Å². The van der Waals surface area contributed by atoms with Gasteiger partial charge in [-0.3, -0.25) is 14.5 Å². The number of benzene rings is 1. The maximum Gasteiger partial charge on any atom is 0.338 e. The SMILES string of the molecule is CCOC(=O)c1ccc(N[C@@H](CC(=O)N2CCCC2=O)C(=O)OCC)cc1. The fourth-order valence-electron chi connectivity index (χ4n) is 2.75. The highest BCUT2D eigenvalue weighted by molar-refractivity contribution is 5.99. The van der Waals surface area contributed by atoms with E-state index >= 15 is 0 Å². The third-order valence-electron chi connectivity index (χ3n) is 4.06. The molecule has 1 N–H and O–H groups in total. The molecule has 0 saturated carbocycles. The van der Waals surface area contributed by atoms with Crippen LogP contribution < -0.4 is 5.32 Å². The zero-order chi connectivity index (χ0) is 19.8. The van der Waals surface area contributed by atoms with Crippen LogP contribution in [-0.4, -0.2) is 54.5 Å². The van der Waals surface area contributed by atoms with Crippen LogP contribution in [0.25, 0.3) is 0 Å². The van der Waals surface area contributed by atoms with Crippen molar-refractivity contribution < 1.29 is 28.7 Å². The lowest BCUT2D eigenvalue weighted by Gasteiger charge is -2.21. The Bertz CT molecular complexity index is 701. The van der Waals surface area contributed by atoms with Crippen LogP contribution in [0.3, 0.4) is 0 Å². The second-order valence-electron chi connectivity index (χ2n) is 5.99. The first-order chi connectivity index (χ1) is 13.0. The Kier molecular flexibility index (Phi) is 7.34. The van der Waals surface area contributed by atoms with Gasteiger partial charge in [0.25, 0.3) is 0 Å². The van der Waals surface area contributed by atoms with E-state index in [-0.39, 0.29) is 25.5 Å². The molecule has 0 aliphatic carbocycles. The van der Waals surface area contributed by atoms with Crippen LogP contribution >= 0.6 is 0 Å². The number of rotatable bonds is 8. The van der Waals surface area contributed by atoms with Gasteiger partial charge in [-0.2, -0.15) is 0 Å². The summed E-state index contributed by atoms with van der Waals surface area (Å²) in [5, 5.41) is 2.95. The Hall–Kier alpha value is -2.90. The van der Waals surface area contributed by atoms with Gasteiger partial charge in [-0.1, -0.05) is 0 Å². The molecule has 1 saturated heterocycles. The van der Waals surface area contributed by atoms with Gasteiger partial charge < -0.3 is 14.8 Å². The number of carbonyl (C=O) groups is 4. The van der Waals surface area contributed by atoms with Crippen LogP contribution in [0.15, 0.2) is 24.3 Å². The van der Waals surface area contributed by atoms with Crippen molar-refractivity contribution in [3.8, 4) is 0 Å². The van der Waals surface area contributed by atoms with Crippen LogP contribution in [0.5, 0.6) is 0 Å². The lowest BCUT2D eigenvalue weighted by Crippen LogP contribution is -2.40. The molecule has 8 nitrogen and oxygen atoms in total. The predicted octanol–water partition coefficient (Wildman–Crippen LogP) is 1.75. The van der Waals surface area contributed by atoms with E-state index in [1.807, 2.05) is 0 Å². The highest BCUT2D eigenvalue weighted by Crippen LogP contribution is 2.17. The Labute approximate surface area is 157 Å². The van der Waals surface area contributed by atoms with Crippen LogP contribution in [0.4, 0.5) is 5.69 Å². The van der Waals surface area contributed by atoms with Crippen LogP contribution in [0, 0.1) is 0 Å². The summed E-state index contributed by atoms with van der Waals surface area (Å²) in [6, 6.07) is 5.43. The lowest BCUT2D eigenvalue weighted by atomic mass is 10.1. The molecule has 27 heavy (non-hydrogen) atoms. The molecular formula is C19H24N2O6. The zero-order valence-corrected chi connectivity index (χ0v) is 15.5. The number of carbonyl (C=O) groups excluding carboxylic acids is 4. The second-order valence-corrected chi connectivity index (χ2v) is 5.99. The highest BCUT2D eigenvalue weighted by atomic mass is 16.5. The van der Waals surface area contributed by atoms with E-state index in [2.05, 4.69) is 5.32 Å². The average molecular weight is 376 g/mol. The topological polar surface area (TPSA) is 102 Å². The van der Waals surface area contributed by atoms with Crippen molar-refractivity contribution in [3.05, 3.63) is 29.8 Å². The van der Waals surface area contributed by atoms with Gasteiger partial charge in [0.1, 0.15) is 6.04 Å². The maximum atomic E-state index is 12.4. The molecule has 1 aromatic carbocycles. The number of hydrogen-bond donors (Lipinski definition) is 1. The standard InChI is InChI=1S/C19H24N2O6/c1-3-26-18(24)13-7-9-14(10-8-13)20-15(19(25)27-4-2)12-17(23)21-11-5-6-16(21)22/h7-10,15,20H,3-6,11-12H2,1-2H3/t15-/m0/s1. The van der Waals surface area contributed by atoms with E-state index in [4.69, 9.17) is 9.47 Å². The molecule has 1 fully saturated rings. The van der Waals surface area contributed by atoms with Crippen LogP contribution in [0.1, 0.15) is 43.5 Å². The summed E-state index contributed by atoms with van der Waals surface area (Å²) < 4.78 is 9.95. The van der Waals surface area contributed by atoms with E-state index < -0.39 is 23.9 Å². The van der Waals surface area contributed by atoms with Gasteiger partial charge in [-0.15, -0.1) is 0 Å². The smallest absolute Gasteiger partial charge is 0.338 e. The monoisotopic (exact) mass is 376 g/mol. The molecule has 1 aliphatic heterocycles. The molecule has 0 bridgehead atoms. The Morgan fingerprint density at radius 3 is 2.33 bits per heavy atom. The lowest BCUT2D eigenvalue weighted by molar-refractivity contribution is -0.149. The first kappa shape index (κ1) is 20.4. The van der Waals surface area contributed by atoms with Crippen LogP contribution in [-0.2, 0) is 23.9 Å². The van der Waals surface area contributed by atoms with Crippen LogP contribution in [0.2, 0.25) is 0 Å². The first-order valence-electron chi connectivity index (χ1n) is 8.99. The normalized spacial score (nSPS) is 14.6. The first-order valence-corrected chi connectivity index (χ1v) is 8.99. The number of nitrogens with zero attached hydrogens (tertiary/aromatic N) is 1. The van der Waals surface area contributed by atoms with Crippen molar-refractivity contribution in [2.75, 3.05) is 25.1 Å². The van der Waals surface area contributed by atoms with E-state index in [1.165, 1.54) is 4.90 Å². The third-order valence-corrected chi connectivity index (χ3v) is 4.06. The van der Waals surface area contributed by atoms with Gasteiger partial charge in [0.15, 0.2) is 0 Å². The summed E-state index contributed by atoms with van der Waals surface area (Å²) in [4.78, 5) is 49.2. The average Bonchev–Trinajstić information content (AvgIpc) is 3.08. The van der Waals surface area contributed by atoms with Gasteiger partial charge >= 0.3 is 11.9 Å². The quantitative estimate of drug-likeness (QED) is 0.690. The van der Waals surface area contributed by atoms with Gasteiger partial charge in [0.2, 0.25) is 11.8 Å². The molecule has 0 spiro atoms.